The number of benzene rings is 1. The molecular formula is C23H32N4O6. The fourth-order valence-corrected chi connectivity index (χ4v) is 4.63. The van der Waals surface area contributed by atoms with Crippen LogP contribution >= 0.6 is 0 Å². The van der Waals surface area contributed by atoms with E-state index in [2.05, 4.69) is 10.2 Å². The van der Waals surface area contributed by atoms with Gasteiger partial charge in [0.2, 0.25) is 5.91 Å². The number of carbonyl (C=O) groups is 3. The summed E-state index contributed by atoms with van der Waals surface area (Å²) in [5, 5.41) is 2.89. The molecule has 1 atom stereocenters. The number of ether oxygens (including phenoxy) is 3. The molecular weight excluding hydrogens is 428 g/mol. The SMILES string of the molecule is COc1cc2c(cc1OC)CN1C(=O)N(CCC(=O)NCCCN3CCOCC3)C(=O)C1C2. The van der Waals surface area contributed by atoms with Crippen LogP contribution in [-0.2, 0) is 27.3 Å². The molecule has 0 aromatic heterocycles. The number of methoxy groups -OCH3 is 2. The second kappa shape index (κ2) is 10.4. The highest BCUT2D eigenvalue weighted by atomic mass is 16.5. The van der Waals surface area contributed by atoms with Crippen LogP contribution in [0.15, 0.2) is 12.1 Å². The number of hydrogen-bond acceptors (Lipinski definition) is 7. The smallest absolute Gasteiger partial charge is 0.327 e. The quantitative estimate of drug-likeness (QED) is 0.426. The van der Waals surface area contributed by atoms with Gasteiger partial charge in [0.1, 0.15) is 6.04 Å². The highest BCUT2D eigenvalue weighted by molar-refractivity contribution is 6.04. The van der Waals surface area contributed by atoms with Gasteiger partial charge in [-0.05, 0) is 36.2 Å². The van der Waals surface area contributed by atoms with Crippen LogP contribution in [0.25, 0.3) is 0 Å². The van der Waals surface area contributed by atoms with Crippen molar-refractivity contribution < 1.29 is 28.6 Å². The lowest BCUT2D eigenvalue weighted by Gasteiger charge is -2.29. The maximum Gasteiger partial charge on any atom is 0.327 e. The van der Waals surface area contributed by atoms with E-state index in [0.29, 0.717) is 31.0 Å². The first-order chi connectivity index (χ1) is 16.0. The van der Waals surface area contributed by atoms with E-state index in [1.165, 1.54) is 4.90 Å². The molecule has 10 heteroatoms. The number of urea groups is 1. The number of fused-ring (bicyclic) bond motifs is 2. The van der Waals surface area contributed by atoms with Gasteiger partial charge >= 0.3 is 6.03 Å². The second-order valence-electron chi connectivity index (χ2n) is 8.50. The van der Waals surface area contributed by atoms with Crippen molar-refractivity contribution in [2.45, 2.75) is 31.8 Å². The van der Waals surface area contributed by atoms with Gasteiger partial charge in [0.15, 0.2) is 11.5 Å². The van der Waals surface area contributed by atoms with Crippen molar-refractivity contribution in [2.24, 2.45) is 0 Å². The molecule has 3 heterocycles. The molecule has 2 fully saturated rings. The lowest BCUT2D eigenvalue weighted by molar-refractivity contribution is -0.129. The number of carbonyl (C=O) groups excluding carboxylic acids is 3. The summed E-state index contributed by atoms with van der Waals surface area (Å²) in [4.78, 5) is 43.2. The van der Waals surface area contributed by atoms with Crippen molar-refractivity contribution in [2.75, 3.05) is 60.2 Å². The highest BCUT2D eigenvalue weighted by Crippen LogP contribution is 2.37. The van der Waals surface area contributed by atoms with Crippen LogP contribution in [0.4, 0.5) is 4.79 Å². The minimum Gasteiger partial charge on any atom is -0.493 e. The zero-order chi connectivity index (χ0) is 23.4. The molecule has 10 nitrogen and oxygen atoms in total. The van der Waals surface area contributed by atoms with E-state index >= 15 is 0 Å². The molecule has 33 heavy (non-hydrogen) atoms. The van der Waals surface area contributed by atoms with E-state index in [4.69, 9.17) is 14.2 Å². The fourth-order valence-electron chi connectivity index (χ4n) is 4.63. The topological polar surface area (TPSA) is 101 Å². The Bertz CT molecular complexity index is 850. The predicted octanol–water partition coefficient (Wildman–Crippen LogP) is 0.621. The minimum absolute atomic E-state index is 0.0863. The number of nitrogens with one attached hydrogen (secondary N) is 1. The van der Waals surface area contributed by atoms with E-state index in [1.807, 2.05) is 12.1 Å². The monoisotopic (exact) mass is 460 g/mol. The van der Waals surface area contributed by atoms with E-state index < -0.39 is 6.04 Å². The van der Waals surface area contributed by atoms with Crippen LogP contribution in [0.3, 0.4) is 0 Å². The zero-order valence-electron chi connectivity index (χ0n) is 19.3. The highest BCUT2D eigenvalue weighted by Gasteiger charge is 2.47. The van der Waals surface area contributed by atoms with Crippen LogP contribution in [0.1, 0.15) is 24.0 Å². The average Bonchev–Trinajstić information content (AvgIpc) is 3.07. The van der Waals surface area contributed by atoms with Gasteiger partial charge in [-0.3, -0.25) is 19.4 Å². The van der Waals surface area contributed by atoms with Gasteiger partial charge in [-0.15, -0.1) is 0 Å². The largest absolute Gasteiger partial charge is 0.493 e. The Morgan fingerprint density at radius 2 is 1.79 bits per heavy atom. The van der Waals surface area contributed by atoms with Crippen molar-refractivity contribution in [3.8, 4) is 11.5 Å². The van der Waals surface area contributed by atoms with E-state index in [0.717, 1.165) is 50.4 Å². The fraction of sp³-hybridized carbons (Fsp3) is 0.609. The van der Waals surface area contributed by atoms with Crippen molar-refractivity contribution >= 4 is 17.8 Å². The van der Waals surface area contributed by atoms with Gasteiger partial charge in [-0.1, -0.05) is 0 Å². The normalized spacial score (nSPS) is 20.5. The number of rotatable bonds is 9. The van der Waals surface area contributed by atoms with Crippen LogP contribution in [0, 0.1) is 0 Å². The lowest BCUT2D eigenvalue weighted by Crippen LogP contribution is -2.40. The summed E-state index contributed by atoms with van der Waals surface area (Å²) in [6.45, 7) is 5.27. The molecule has 180 valence electrons. The summed E-state index contributed by atoms with van der Waals surface area (Å²) in [6.07, 6.45) is 1.38. The van der Waals surface area contributed by atoms with Crippen LogP contribution in [0.5, 0.6) is 11.5 Å². The van der Waals surface area contributed by atoms with E-state index in [-0.39, 0.29) is 30.8 Å². The van der Waals surface area contributed by atoms with Crippen LogP contribution in [0.2, 0.25) is 0 Å². The predicted molar refractivity (Wildman–Crippen MR) is 119 cm³/mol. The van der Waals surface area contributed by atoms with Gasteiger partial charge in [-0.25, -0.2) is 4.79 Å². The number of nitrogens with zero attached hydrogens (tertiary/aromatic N) is 3. The third-order valence-electron chi connectivity index (χ3n) is 6.50. The summed E-state index contributed by atoms with van der Waals surface area (Å²) in [5.41, 5.74) is 1.90. The van der Waals surface area contributed by atoms with Gasteiger partial charge < -0.3 is 24.4 Å². The maximum atomic E-state index is 12.9. The first-order valence-corrected chi connectivity index (χ1v) is 11.4. The minimum atomic E-state index is -0.542. The van der Waals surface area contributed by atoms with Crippen molar-refractivity contribution in [1.29, 1.82) is 0 Å². The molecule has 3 aliphatic heterocycles. The maximum absolute atomic E-state index is 12.9. The molecule has 4 rings (SSSR count). The summed E-state index contributed by atoms with van der Waals surface area (Å²) in [7, 11) is 3.13. The second-order valence-corrected chi connectivity index (χ2v) is 8.50. The molecule has 0 saturated carbocycles. The molecule has 0 aliphatic carbocycles. The summed E-state index contributed by atoms with van der Waals surface area (Å²) >= 11 is 0. The number of morpholine rings is 1. The zero-order valence-corrected chi connectivity index (χ0v) is 19.3. The first-order valence-electron chi connectivity index (χ1n) is 11.4. The summed E-state index contributed by atoms with van der Waals surface area (Å²) < 4.78 is 16.1. The Hall–Kier alpha value is -2.85. The molecule has 1 unspecified atom stereocenters. The number of imide groups is 1. The lowest BCUT2D eigenvalue weighted by atomic mass is 9.94. The number of hydrogen-bond donors (Lipinski definition) is 1. The Morgan fingerprint density at radius 1 is 1.09 bits per heavy atom. The van der Waals surface area contributed by atoms with Crippen LogP contribution < -0.4 is 14.8 Å². The van der Waals surface area contributed by atoms with Gasteiger partial charge in [-0.2, -0.15) is 0 Å². The van der Waals surface area contributed by atoms with E-state index in [9.17, 15) is 14.4 Å². The summed E-state index contributed by atoms with van der Waals surface area (Å²) in [6, 6.07) is 2.84. The van der Waals surface area contributed by atoms with Gasteiger partial charge in [0, 0.05) is 45.6 Å². The van der Waals surface area contributed by atoms with Crippen LogP contribution in [-0.4, -0.2) is 98.7 Å². The van der Waals surface area contributed by atoms with E-state index in [1.54, 1.807) is 19.1 Å². The Kier molecular flexibility index (Phi) is 7.34. The van der Waals surface area contributed by atoms with Gasteiger partial charge in [0.05, 0.1) is 27.4 Å². The Balaban J connectivity index is 1.27. The molecule has 4 amide bonds. The standard InChI is InChI=1S/C23H32N4O6/c1-31-19-13-16-12-18-22(29)26(23(30)27(18)15-17(16)14-20(19)32-2)7-4-21(28)24-5-3-6-25-8-10-33-11-9-25/h13-14,18H,3-12,15H2,1-2H3,(H,24,28). The summed E-state index contributed by atoms with van der Waals surface area (Å²) in [5.74, 6) is 0.791. The molecule has 3 aliphatic rings. The Morgan fingerprint density at radius 3 is 2.48 bits per heavy atom. The number of amides is 4. The van der Waals surface area contributed by atoms with Crippen molar-refractivity contribution in [1.82, 2.24) is 20.0 Å². The average molecular weight is 461 g/mol. The molecule has 1 aromatic carbocycles. The van der Waals surface area contributed by atoms with Crippen molar-refractivity contribution in [3.05, 3.63) is 23.3 Å². The molecule has 0 bridgehead atoms. The van der Waals surface area contributed by atoms with Gasteiger partial charge in [0.25, 0.3) is 5.91 Å². The third-order valence-corrected chi connectivity index (χ3v) is 6.50. The molecule has 2 saturated heterocycles. The molecule has 1 aromatic rings. The third kappa shape index (κ3) is 5.06. The first kappa shape index (κ1) is 23.3. The molecule has 0 radical (unpaired) electrons. The Labute approximate surface area is 193 Å². The molecule has 1 N–H and O–H groups in total. The van der Waals surface area contributed by atoms with Crippen molar-refractivity contribution in [3.63, 3.8) is 0 Å². The molecule has 0 spiro atoms.